The van der Waals surface area contributed by atoms with Gasteiger partial charge in [0.25, 0.3) is 5.69 Å². The average molecular weight is 446 g/mol. The van der Waals surface area contributed by atoms with Gasteiger partial charge in [-0.25, -0.2) is 17.5 Å². The molecule has 0 spiro atoms. The molecule has 2 aromatic carbocycles. The second-order valence-corrected chi connectivity index (χ2v) is 7.75. The lowest BCUT2D eigenvalue weighted by Gasteiger charge is -2.08. The molecule has 11 heteroatoms. The fourth-order valence-corrected chi connectivity index (χ4v) is 3.33. The molecule has 2 aromatic rings. The number of non-ortho nitro benzene ring substituents is 1. The van der Waals surface area contributed by atoms with Gasteiger partial charge in [-0.05, 0) is 30.3 Å². The van der Waals surface area contributed by atoms with Crippen molar-refractivity contribution < 1.29 is 22.5 Å². The molecule has 0 radical (unpaired) electrons. The summed E-state index contributed by atoms with van der Waals surface area (Å²) in [5, 5.41) is 12.9. The van der Waals surface area contributed by atoms with Crippen LogP contribution in [0.15, 0.2) is 51.8 Å². The van der Waals surface area contributed by atoms with Gasteiger partial charge in [0.1, 0.15) is 5.82 Å². The molecule has 0 heterocycles. The molecule has 0 aliphatic rings. The fraction of sp³-hybridized carbons (Fsp3) is 0.133. The highest BCUT2D eigenvalue weighted by atomic mass is 79.9. The number of carbonyl (C=O) groups excluding carboxylic acids is 1. The monoisotopic (exact) mass is 445 g/mol. The topological polar surface area (TPSA) is 118 Å². The van der Waals surface area contributed by atoms with E-state index in [1.54, 1.807) is 0 Å². The highest BCUT2D eigenvalue weighted by Crippen LogP contribution is 2.20. The number of nitro groups is 1. The molecule has 0 saturated carbocycles. The van der Waals surface area contributed by atoms with E-state index in [1.807, 2.05) is 0 Å². The van der Waals surface area contributed by atoms with Crippen LogP contribution in [0.25, 0.3) is 0 Å². The van der Waals surface area contributed by atoms with E-state index in [0.29, 0.717) is 4.47 Å². The van der Waals surface area contributed by atoms with Crippen molar-refractivity contribution in [3.05, 3.63) is 62.9 Å². The summed E-state index contributed by atoms with van der Waals surface area (Å²) < 4.78 is 40.5. The molecule has 0 fully saturated rings. The number of halogens is 2. The van der Waals surface area contributed by atoms with Crippen LogP contribution >= 0.6 is 15.9 Å². The normalized spacial score (nSPS) is 11.2. The molecule has 0 saturated heterocycles. The molecule has 0 aromatic heterocycles. The number of carbonyl (C=O) groups is 1. The number of hydrogen-bond acceptors (Lipinski definition) is 5. The lowest BCUT2D eigenvalue weighted by Crippen LogP contribution is -2.28. The Hall–Kier alpha value is -2.37. The summed E-state index contributed by atoms with van der Waals surface area (Å²) in [7, 11) is -3.92. The maximum Gasteiger partial charge on any atom is 0.269 e. The molecule has 0 atom stereocenters. The molecule has 2 rings (SSSR count). The van der Waals surface area contributed by atoms with Gasteiger partial charge in [0, 0.05) is 29.6 Å². The number of benzene rings is 2. The quantitative estimate of drug-likeness (QED) is 0.501. The molecule has 8 nitrogen and oxygen atoms in total. The zero-order valence-corrected chi connectivity index (χ0v) is 15.5. The number of nitrogens with zero attached hydrogens (tertiary/aromatic N) is 1. The molecular weight excluding hydrogens is 433 g/mol. The highest BCUT2D eigenvalue weighted by Gasteiger charge is 2.16. The van der Waals surface area contributed by atoms with Gasteiger partial charge >= 0.3 is 0 Å². The lowest BCUT2D eigenvalue weighted by molar-refractivity contribution is -0.384. The highest BCUT2D eigenvalue weighted by molar-refractivity contribution is 9.10. The molecule has 0 bridgehead atoms. The minimum atomic E-state index is -3.92. The predicted octanol–water partition coefficient (Wildman–Crippen LogP) is 2.80. The molecule has 0 unspecified atom stereocenters. The van der Waals surface area contributed by atoms with E-state index in [1.165, 1.54) is 18.2 Å². The Morgan fingerprint density at radius 3 is 2.46 bits per heavy atom. The van der Waals surface area contributed by atoms with Crippen molar-refractivity contribution in [1.29, 1.82) is 0 Å². The van der Waals surface area contributed by atoms with Gasteiger partial charge in [0.2, 0.25) is 15.9 Å². The number of nitrogens with one attached hydrogen (secondary N) is 2. The van der Waals surface area contributed by atoms with Crippen molar-refractivity contribution in [2.45, 2.75) is 11.3 Å². The Labute approximate surface area is 156 Å². The number of amides is 1. The van der Waals surface area contributed by atoms with Crippen LogP contribution in [0.1, 0.15) is 6.42 Å². The molecule has 1 amide bonds. The third kappa shape index (κ3) is 5.31. The Morgan fingerprint density at radius 1 is 1.19 bits per heavy atom. The van der Waals surface area contributed by atoms with Crippen LogP contribution in [0.5, 0.6) is 0 Å². The first-order valence-corrected chi connectivity index (χ1v) is 9.46. The van der Waals surface area contributed by atoms with Crippen LogP contribution in [0.2, 0.25) is 0 Å². The first-order chi connectivity index (χ1) is 12.2. The predicted molar refractivity (Wildman–Crippen MR) is 95.6 cm³/mol. The zero-order chi connectivity index (χ0) is 19.3. The van der Waals surface area contributed by atoms with Crippen molar-refractivity contribution in [2.24, 2.45) is 0 Å². The minimum absolute atomic E-state index is 0.0254. The van der Waals surface area contributed by atoms with Crippen LogP contribution in [0, 0.1) is 15.9 Å². The van der Waals surface area contributed by atoms with Crippen molar-refractivity contribution in [1.82, 2.24) is 4.72 Å². The minimum Gasteiger partial charge on any atom is -0.324 e. The smallest absolute Gasteiger partial charge is 0.269 e. The SMILES string of the molecule is O=C(CCNS(=O)(=O)c1ccc([N+](=O)[O-])cc1)Nc1cc(Br)ccc1F. The van der Waals surface area contributed by atoms with Gasteiger partial charge < -0.3 is 5.32 Å². The number of sulfonamides is 1. The van der Waals surface area contributed by atoms with Gasteiger partial charge in [-0.2, -0.15) is 0 Å². The second kappa shape index (κ2) is 8.34. The number of hydrogen-bond donors (Lipinski definition) is 2. The third-order valence-corrected chi connectivity index (χ3v) is 5.17. The van der Waals surface area contributed by atoms with Crippen molar-refractivity contribution in [3.63, 3.8) is 0 Å². The van der Waals surface area contributed by atoms with Gasteiger partial charge in [0.15, 0.2) is 0 Å². The lowest BCUT2D eigenvalue weighted by atomic mass is 10.3. The van der Waals surface area contributed by atoms with E-state index in [9.17, 15) is 27.7 Å². The molecule has 2 N–H and O–H groups in total. The number of anilines is 1. The average Bonchev–Trinajstić information content (AvgIpc) is 2.58. The Balaban J connectivity index is 1.92. The first-order valence-electron chi connectivity index (χ1n) is 7.18. The largest absolute Gasteiger partial charge is 0.324 e. The van der Waals surface area contributed by atoms with E-state index >= 15 is 0 Å². The Bertz CT molecular complexity index is 935. The fourth-order valence-electron chi connectivity index (χ4n) is 1.94. The Kier molecular flexibility index (Phi) is 6.40. The van der Waals surface area contributed by atoms with Crippen molar-refractivity contribution >= 4 is 43.2 Å². The summed E-state index contributed by atoms with van der Waals surface area (Å²) in [6, 6.07) is 8.36. The number of nitro benzene ring substituents is 1. The van der Waals surface area contributed by atoms with Gasteiger partial charge in [-0.15, -0.1) is 0 Å². The number of rotatable bonds is 7. The van der Waals surface area contributed by atoms with Crippen molar-refractivity contribution in [2.75, 3.05) is 11.9 Å². The summed E-state index contributed by atoms with van der Waals surface area (Å²) in [5.74, 6) is -1.19. The summed E-state index contributed by atoms with van der Waals surface area (Å²) in [5.41, 5.74) is -0.262. The van der Waals surface area contributed by atoms with Crippen LogP contribution in [0.4, 0.5) is 15.8 Å². The third-order valence-electron chi connectivity index (χ3n) is 3.20. The molecule has 0 aliphatic carbocycles. The van der Waals surface area contributed by atoms with Gasteiger partial charge in [-0.3, -0.25) is 14.9 Å². The van der Waals surface area contributed by atoms with Crippen LogP contribution in [0.3, 0.4) is 0 Å². The second-order valence-electron chi connectivity index (χ2n) is 5.07. The summed E-state index contributed by atoms with van der Waals surface area (Å²) in [6.07, 6.45) is -0.224. The molecule has 26 heavy (non-hydrogen) atoms. The van der Waals surface area contributed by atoms with Crippen LogP contribution in [-0.4, -0.2) is 25.8 Å². The maximum atomic E-state index is 13.6. The standard InChI is InChI=1S/C15H13BrFN3O5S/c16-10-1-6-13(17)14(9-10)19-15(21)7-8-18-26(24,25)12-4-2-11(3-5-12)20(22)23/h1-6,9,18H,7-8H2,(H,19,21). The first kappa shape index (κ1) is 19.9. The van der Waals surface area contributed by atoms with E-state index in [0.717, 1.165) is 24.3 Å². The van der Waals surface area contributed by atoms with Crippen LogP contribution < -0.4 is 10.0 Å². The summed E-state index contributed by atoms with van der Waals surface area (Å²) in [6.45, 7) is -0.221. The zero-order valence-electron chi connectivity index (χ0n) is 13.1. The maximum absolute atomic E-state index is 13.6. The molecule has 138 valence electrons. The summed E-state index contributed by atoms with van der Waals surface area (Å²) >= 11 is 3.15. The van der Waals surface area contributed by atoms with Gasteiger partial charge in [-0.1, -0.05) is 15.9 Å². The van der Waals surface area contributed by atoms with E-state index in [-0.39, 0.29) is 29.2 Å². The van der Waals surface area contributed by atoms with E-state index in [2.05, 4.69) is 26.0 Å². The van der Waals surface area contributed by atoms with Gasteiger partial charge in [0.05, 0.1) is 15.5 Å². The van der Waals surface area contributed by atoms with Crippen LogP contribution in [-0.2, 0) is 14.8 Å². The molecule has 0 aliphatic heterocycles. The molecular formula is C15H13BrFN3O5S. The Morgan fingerprint density at radius 2 is 1.85 bits per heavy atom. The van der Waals surface area contributed by atoms with E-state index < -0.39 is 26.7 Å². The van der Waals surface area contributed by atoms with E-state index in [4.69, 9.17) is 0 Å². The summed E-state index contributed by atoms with van der Waals surface area (Å²) in [4.78, 5) is 21.6. The van der Waals surface area contributed by atoms with Crippen molar-refractivity contribution in [3.8, 4) is 0 Å².